The Bertz CT molecular complexity index is 1290. The van der Waals surface area contributed by atoms with Crippen LogP contribution in [-0.4, -0.2) is 43.8 Å². The van der Waals surface area contributed by atoms with Gasteiger partial charge in [0.1, 0.15) is 17.2 Å². The van der Waals surface area contributed by atoms with Gasteiger partial charge < -0.3 is 24.4 Å². The van der Waals surface area contributed by atoms with Crippen molar-refractivity contribution in [3.05, 3.63) is 82.9 Å². The van der Waals surface area contributed by atoms with Crippen LogP contribution in [0.4, 0.5) is 23.7 Å². The normalized spacial score (nSPS) is 15.0. The van der Waals surface area contributed by atoms with Crippen molar-refractivity contribution in [1.29, 1.82) is 0 Å². The predicted molar refractivity (Wildman–Crippen MR) is 130 cm³/mol. The molecule has 3 aromatic rings. The summed E-state index contributed by atoms with van der Waals surface area (Å²) in [5, 5.41) is 2.82. The van der Waals surface area contributed by atoms with Gasteiger partial charge in [0.2, 0.25) is 0 Å². The van der Waals surface area contributed by atoms with Crippen LogP contribution in [0.3, 0.4) is 0 Å². The maximum atomic E-state index is 13.5. The van der Waals surface area contributed by atoms with Gasteiger partial charge in [-0.2, -0.15) is 0 Å². The fraction of sp³-hybridized carbons (Fsp3) is 0.259. The summed E-state index contributed by atoms with van der Waals surface area (Å²) in [6, 6.07) is 14.2. The van der Waals surface area contributed by atoms with E-state index in [0.717, 1.165) is 5.56 Å². The van der Waals surface area contributed by atoms with E-state index in [-0.39, 0.29) is 12.3 Å². The summed E-state index contributed by atoms with van der Waals surface area (Å²) >= 11 is 0. The fourth-order valence-electron chi connectivity index (χ4n) is 4.42. The molecule has 0 saturated heterocycles. The highest BCUT2D eigenvalue weighted by atomic mass is 19.4. The monoisotopic (exact) mass is 514 g/mol. The van der Waals surface area contributed by atoms with Gasteiger partial charge in [0.05, 0.1) is 20.3 Å². The Hall–Kier alpha value is -4.21. The molecule has 1 unspecified atom stereocenters. The molecule has 7 nitrogen and oxygen atoms in total. The number of nitrogens with one attached hydrogen (secondary N) is 1. The van der Waals surface area contributed by atoms with Crippen LogP contribution in [0.25, 0.3) is 0 Å². The number of carbonyl (C=O) groups is 2. The zero-order valence-corrected chi connectivity index (χ0v) is 20.4. The van der Waals surface area contributed by atoms with Crippen molar-refractivity contribution in [2.45, 2.75) is 25.7 Å². The Morgan fingerprint density at radius 1 is 0.973 bits per heavy atom. The molecule has 0 spiro atoms. The fourth-order valence-corrected chi connectivity index (χ4v) is 4.42. The van der Waals surface area contributed by atoms with Crippen molar-refractivity contribution >= 4 is 17.5 Å². The van der Waals surface area contributed by atoms with E-state index in [1.807, 2.05) is 6.07 Å². The minimum absolute atomic E-state index is 0.103. The summed E-state index contributed by atoms with van der Waals surface area (Å²) in [5.74, 6) is 0.496. The van der Waals surface area contributed by atoms with Crippen molar-refractivity contribution in [3.63, 3.8) is 0 Å². The number of hydrogen-bond acceptors (Lipinski definition) is 5. The number of Topliss-reactive ketones (excluding diaryl/α,β-unsaturated/α-hetero) is 1. The number of hydrogen-bond donors (Lipinski definition) is 1. The molecular formula is C27H25F3N2O5. The number of ether oxygens (including phenoxy) is 3. The van der Waals surface area contributed by atoms with Crippen LogP contribution in [-0.2, 0) is 6.42 Å². The Labute approximate surface area is 211 Å². The van der Waals surface area contributed by atoms with Crippen LogP contribution in [0.2, 0.25) is 0 Å². The van der Waals surface area contributed by atoms with Gasteiger partial charge in [-0.25, -0.2) is 4.79 Å². The van der Waals surface area contributed by atoms with E-state index in [4.69, 9.17) is 9.47 Å². The van der Waals surface area contributed by atoms with Crippen LogP contribution in [0, 0.1) is 0 Å². The van der Waals surface area contributed by atoms with Gasteiger partial charge >= 0.3 is 12.4 Å². The summed E-state index contributed by atoms with van der Waals surface area (Å²) in [6.45, 7) is 1.72. The Morgan fingerprint density at radius 3 is 2.32 bits per heavy atom. The van der Waals surface area contributed by atoms with E-state index >= 15 is 0 Å². The third-order valence-electron chi connectivity index (χ3n) is 6.07. The molecule has 10 heteroatoms. The smallest absolute Gasteiger partial charge is 0.497 e. The number of methoxy groups -OCH3 is 2. The van der Waals surface area contributed by atoms with Gasteiger partial charge in [0.25, 0.3) is 0 Å². The second-order valence-electron chi connectivity index (χ2n) is 8.43. The number of alkyl halides is 3. The standard InChI is InChI=1S/C27H25F3N2O5/c1-16(33)17-7-9-20(10-8-17)31-26(34)32-12-11-18-13-22(35-2)15-23(36-3)24(18)25(32)19-5-4-6-21(14-19)37-27(28,29)30/h4-10,13-15,25H,11-12H2,1-3H3,(H,31,34). The zero-order chi connectivity index (χ0) is 26.7. The number of halogens is 3. The lowest BCUT2D eigenvalue weighted by atomic mass is 9.87. The van der Waals surface area contributed by atoms with Crippen molar-refractivity contribution in [2.24, 2.45) is 0 Å². The zero-order valence-electron chi connectivity index (χ0n) is 20.4. The first-order chi connectivity index (χ1) is 17.6. The van der Waals surface area contributed by atoms with E-state index in [1.54, 1.807) is 36.4 Å². The number of nitrogens with zero attached hydrogens (tertiary/aromatic N) is 1. The molecule has 0 radical (unpaired) electrons. The molecule has 0 saturated carbocycles. The molecule has 194 valence electrons. The highest BCUT2D eigenvalue weighted by molar-refractivity contribution is 5.95. The first-order valence-corrected chi connectivity index (χ1v) is 11.4. The highest BCUT2D eigenvalue weighted by Crippen LogP contribution is 2.43. The van der Waals surface area contributed by atoms with E-state index in [2.05, 4.69) is 10.1 Å². The van der Waals surface area contributed by atoms with Crippen LogP contribution in [0.5, 0.6) is 17.2 Å². The lowest BCUT2D eigenvalue weighted by Gasteiger charge is -2.38. The quantitative estimate of drug-likeness (QED) is 0.409. The minimum atomic E-state index is -4.86. The Kier molecular flexibility index (Phi) is 7.28. The number of ketones is 1. The SMILES string of the molecule is COc1cc2c(c(OC)c1)C(c1cccc(OC(F)(F)F)c1)N(C(=O)Nc1ccc(C(C)=O)cc1)CC2. The maximum absolute atomic E-state index is 13.5. The van der Waals surface area contributed by atoms with Crippen molar-refractivity contribution in [2.75, 3.05) is 26.1 Å². The minimum Gasteiger partial charge on any atom is -0.497 e. The maximum Gasteiger partial charge on any atom is 0.573 e. The van der Waals surface area contributed by atoms with Crippen LogP contribution < -0.4 is 19.5 Å². The number of rotatable bonds is 6. The number of benzene rings is 3. The van der Waals surface area contributed by atoms with Gasteiger partial charge in [-0.05, 0) is 66.9 Å². The molecule has 0 aliphatic carbocycles. The number of amides is 2. The summed E-state index contributed by atoms with van der Waals surface area (Å²) in [4.78, 5) is 26.6. The van der Waals surface area contributed by atoms with E-state index in [1.165, 1.54) is 44.2 Å². The van der Waals surface area contributed by atoms with Crippen molar-refractivity contribution in [1.82, 2.24) is 4.90 Å². The van der Waals surface area contributed by atoms with E-state index in [0.29, 0.717) is 40.3 Å². The van der Waals surface area contributed by atoms with Gasteiger partial charge in [0.15, 0.2) is 5.78 Å². The molecule has 3 aromatic carbocycles. The first kappa shape index (κ1) is 25.9. The summed E-state index contributed by atoms with van der Waals surface area (Å²) < 4.78 is 53.9. The molecule has 2 amide bonds. The molecule has 1 aliphatic rings. The number of urea groups is 1. The summed E-state index contributed by atoms with van der Waals surface area (Å²) in [5.41, 5.74) is 2.87. The van der Waals surface area contributed by atoms with Crippen molar-refractivity contribution < 1.29 is 37.0 Å². The third-order valence-corrected chi connectivity index (χ3v) is 6.07. The summed E-state index contributed by atoms with van der Waals surface area (Å²) in [6.07, 6.45) is -4.40. The van der Waals surface area contributed by atoms with Crippen LogP contribution in [0.1, 0.15) is 40.0 Å². The lowest BCUT2D eigenvalue weighted by molar-refractivity contribution is -0.274. The molecule has 1 atom stereocenters. The van der Waals surface area contributed by atoms with Gasteiger partial charge in [0, 0.05) is 29.4 Å². The Morgan fingerprint density at radius 2 is 1.70 bits per heavy atom. The van der Waals surface area contributed by atoms with Gasteiger partial charge in [-0.15, -0.1) is 13.2 Å². The van der Waals surface area contributed by atoms with Gasteiger partial charge in [-0.1, -0.05) is 12.1 Å². The molecule has 4 rings (SSSR count). The molecule has 0 fully saturated rings. The third kappa shape index (κ3) is 5.79. The molecule has 37 heavy (non-hydrogen) atoms. The molecule has 0 bridgehead atoms. The second kappa shape index (κ2) is 10.4. The number of carbonyl (C=O) groups excluding carboxylic acids is 2. The Balaban J connectivity index is 1.76. The topological polar surface area (TPSA) is 77.1 Å². The number of fused-ring (bicyclic) bond motifs is 1. The van der Waals surface area contributed by atoms with Crippen LogP contribution >= 0.6 is 0 Å². The lowest BCUT2D eigenvalue weighted by Crippen LogP contribution is -2.43. The largest absolute Gasteiger partial charge is 0.573 e. The average Bonchev–Trinajstić information content (AvgIpc) is 2.86. The molecule has 1 heterocycles. The number of anilines is 1. The first-order valence-electron chi connectivity index (χ1n) is 11.4. The molecule has 1 aliphatic heterocycles. The molecular weight excluding hydrogens is 489 g/mol. The van der Waals surface area contributed by atoms with E-state index < -0.39 is 24.2 Å². The molecule has 1 N–H and O–H groups in total. The van der Waals surface area contributed by atoms with E-state index in [9.17, 15) is 22.8 Å². The van der Waals surface area contributed by atoms with Crippen molar-refractivity contribution in [3.8, 4) is 17.2 Å². The highest BCUT2D eigenvalue weighted by Gasteiger charge is 2.36. The molecule has 0 aromatic heterocycles. The van der Waals surface area contributed by atoms with Crippen LogP contribution in [0.15, 0.2) is 60.7 Å². The average molecular weight is 515 g/mol. The second-order valence-corrected chi connectivity index (χ2v) is 8.43. The predicted octanol–water partition coefficient (Wildman–Crippen LogP) is 5.98. The summed E-state index contributed by atoms with van der Waals surface area (Å²) in [7, 11) is 3.00. The van der Waals surface area contributed by atoms with Gasteiger partial charge in [-0.3, -0.25) is 4.79 Å².